The van der Waals surface area contributed by atoms with E-state index < -0.39 is 5.97 Å². The third-order valence-corrected chi connectivity index (χ3v) is 2.83. The Kier molecular flexibility index (Phi) is 3.82. The van der Waals surface area contributed by atoms with Crippen molar-refractivity contribution in [3.63, 3.8) is 0 Å². The number of rotatable bonds is 4. The van der Waals surface area contributed by atoms with E-state index in [-0.39, 0.29) is 12.2 Å². The Balaban J connectivity index is 2.53. The predicted octanol–water partition coefficient (Wildman–Crippen LogP) is 2.55. The van der Waals surface area contributed by atoms with Crippen LogP contribution < -0.4 is 4.74 Å². The molecule has 4 heteroatoms. The zero-order chi connectivity index (χ0) is 13.8. The molecule has 0 aliphatic rings. The van der Waals surface area contributed by atoms with E-state index in [0.717, 1.165) is 16.7 Å². The van der Waals surface area contributed by atoms with Gasteiger partial charge in [-0.25, -0.2) is 4.79 Å². The van der Waals surface area contributed by atoms with Crippen LogP contribution >= 0.6 is 0 Å². The van der Waals surface area contributed by atoms with E-state index in [1.54, 1.807) is 12.1 Å². The lowest BCUT2D eigenvalue weighted by atomic mass is 10.0. The maximum atomic E-state index is 11.1. The van der Waals surface area contributed by atoms with E-state index in [1.165, 1.54) is 13.2 Å². The van der Waals surface area contributed by atoms with Gasteiger partial charge in [0, 0.05) is 0 Å². The maximum Gasteiger partial charge on any atom is 0.335 e. The van der Waals surface area contributed by atoms with Gasteiger partial charge in [-0.3, -0.25) is 0 Å². The van der Waals surface area contributed by atoms with Gasteiger partial charge in [0.25, 0.3) is 0 Å². The summed E-state index contributed by atoms with van der Waals surface area (Å²) in [7, 11) is 1.49. The van der Waals surface area contributed by atoms with E-state index in [0.29, 0.717) is 5.75 Å². The van der Waals surface area contributed by atoms with Gasteiger partial charge in [0.2, 0.25) is 0 Å². The molecule has 0 amide bonds. The Morgan fingerprint density at radius 1 is 1.16 bits per heavy atom. The fourth-order valence-electron chi connectivity index (χ4n) is 1.86. The number of carboxylic acid groups (broad SMARTS) is 1. The van der Waals surface area contributed by atoms with Crippen molar-refractivity contribution in [1.82, 2.24) is 0 Å². The average molecular weight is 258 g/mol. The Labute approximate surface area is 110 Å². The lowest BCUT2D eigenvalue weighted by molar-refractivity contribution is 0.0696. The molecular formula is C15H14O4. The summed E-state index contributed by atoms with van der Waals surface area (Å²) >= 11 is 0. The summed E-state index contributed by atoms with van der Waals surface area (Å²) in [5.74, 6) is -0.511. The summed E-state index contributed by atoms with van der Waals surface area (Å²) in [4.78, 5) is 11.1. The molecule has 0 atom stereocenters. The molecule has 0 saturated carbocycles. The van der Waals surface area contributed by atoms with E-state index >= 15 is 0 Å². The second kappa shape index (κ2) is 5.54. The number of hydrogen-bond acceptors (Lipinski definition) is 3. The fourth-order valence-corrected chi connectivity index (χ4v) is 1.86. The Bertz CT molecular complexity index is 605. The number of carboxylic acids is 1. The first kappa shape index (κ1) is 13.1. The highest BCUT2D eigenvalue weighted by molar-refractivity contribution is 5.90. The van der Waals surface area contributed by atoms with Gasteiger partial charge in [-0.2, -0.15) is 0 Å². The molecular weight excluding hydrogens is 244 g/mol. The highest BCUT2D eigenvalue weighted by atomic mass is 16.5. The molecule has 19 heavy (non-hydrogen) atoms. The van der Waals surface area contributed by atoms with Gasteiger partial charge < -0.3 is 14.9 Å². The van der Waals surface area contributed by atoms with Crippen LogP contribution in [0.5, 0.6) is 5.75 Å². The molecule has 2 rings (SSSR count). The number of ether oxygens (including phenoxy) is 1. The van der Waals surface area contributed by atoms with Crippen molar-refractivity contribution in [1.29, 1.82) is 0 Å². The Morgan fingerprint density at radius 3 is 2.58 bits per heavy atom. The number of benzene rings is 2. The second-order valence-electron chi connectivity index (χ2n) is 4.11. The quantitative estimate of drug-likeness (QED) is 0.884. The molecule has 0 bridgehead atoms. The molecule has 0 fully saturated rings. The number of carbonyl (C=O) groups is 1. The van der Waals surface area contributed by atoms with Crippen molar-refractivity contribution >= 4 is 5.97 Å². The van der Waals surface area contributed by atoms with Gasteiger partial charge in [0.1, 0.15) is 5.75 Å². The lowest BCUT2D eigenvalue weighted by Gasteiger charge is -2.08. The van der Waals surface area contributed by atoms with Crippen LogP contribution in [0.15, 0.2) is 42.5 Å². The molecule has 2 aromatic carbocycles. The highest BCUT2D eigenvalue weighted by Gasteiger charge is 2.09. The van der Waals surface area contributed by atoms with Crippen LogP contribution in [0.25, 0.3) is 11.1 Å². The van der Waals surface area contributed by atoms with Crippen LogP contribution in [-0.4, -0.2) is 23.3 Å². The van der Waals surface area contributed by atoms with Crippen molar-refractivity contribution < 1.29 is 19.7 Å². The van der Waals surface area contributed by atoms with Crippen LogP contribution in [-0.2, 0) is 6.61 Å². The number of hydrogen-bond donors (Lipinski definition) is 2. The minimum atomic E-state index is -1.00. The molecule has 4 nitrogen and oxygen atoms in total. The van der Waals surface area contributed by atoms with Crippen molar-refractivity contribution in [3.8, 4) is 16.9 Å². The summed E-state index contributed by atoms with van der Waals surface area (Å²) in [6.07, 6.45) is 0. The minimum absolute atomic E-state index is 0.0520. The number of aliphatic hydroxyl groups excluding tert-OH is 1. The van der Waals surface area contributed by atoms with Gasteiger partial charge in [-0.05, 0) is 41.0 Å². The molecule has 0 saturated heterocycles. The van der Waals surface area contributed by atoms with Gasteiger partial charge in [-0.1, -0.05) is 18.2 Å². The summed E-state index contributed by atoms with van der Waals surface area (Å²) in [6.45, 7) is -0.0520. The first-order chi connectivity index (χ1) is 9.13. The summed E-state index contributed by atoms with van der Waals surface area (Å²) < 4.78 is 5.11. The van der Waals surface area contributed by atoms with E-state index in [2.05, 4.69) is 0 Å². The van der Waals surface area contributed by atoms with Crippen molar-refractivity contribution in [2.45, 2.75) is 6.61 Å². The van der Waals surface area contributed by atoms with Crippen LogP contribution in [0.4, 0.5) is 0 Å². The zero-order valence-corrected chi connectivity index (χ0v) is 10.5. The fraction of sp³-hybridized carbons (Fsp3) is 0.133. The minimum Gasteiger partial charge on any atom is -0.497 e. The number of methoxy groups -OCH3 is 1. The first-order valence-corrected chi connectivity index (χ1v) is 5.76. The molecule has 98 valence electrons. The van der Waals surface area contributed by atoms with Crippen molar-refractivity contribution in [3.05, 3.63) is 53.6 Å². The van der Waals surface area contributed by atoms with Crippen LogP contribution in [0.1, 0.15) is 15.9 Å². The third-order valence-electron chi connectivity index (χ3n) is 2.83. The lowest BCUT2D eigenvalue weighted by Crippen LogP contribution is -1.98. The average Bonchev–Trinajstić information content (AvgIpc) is 2.46. The highest BCUT2D eigenvalue weighted by Crippen LogP contribution is 2.26. The molecule has 0 aliphatic heterocycles. The van der Waals surface area contributed by atoms with Crippen molar-refractivity contribution in [2.24, 2.45) is 0 Å². The summed E-state index contributed by atoms with van der Waals surface area (Å²) in [6, 6.07) is 12.1. The van der Waals surface area contributed by atoms with Gasteiger partial charge in [0.15, 0.2) is 0 Å². The third kappa shape index (κ3) is 2.92. The van der Waals surface area contributed by atoms with E-state index in [1.807, 2.05) is 24.3 Å². The smallest absolute Gasteiger partial charge is 0.335 e. The van der Waals surface area contributed by atoms with E-state index in [4.69, 9.17) is 14.9 Å². The van der Waals surface area contributed by atoms with Crippen molar-refractivity contribution in [2.75, 3.05) is 7.11 Å². The van der Waals surface area contributed by atoms with Gasteiger partial charge >= 0.3 is 5.97 Å². The Morgan fingerprint density at radius 2 is 1.95 bits per heavy atom. The molecule has 0 aromatic heterocycles. The van der Waals surface area contributed by atoms with Crippen LogP contribution in [0.2, 0.25) is 0 Å². The van der Waals surface area contributed by atoms with E-state index in [9.17, 15) is 4.79 Å². The standard InChI is InChI=1S/C15H14O4/c1-19-14-7-12(6-13(8-14)15(17)18)11-4-2-3-10(5-11)9-16/h2-8,16H,9H2,1H3,(H,17,18). The SMILES string of the molecule is COc1cc(C(=O)O)cc(-c2cccc(CO)c2)c1. The number of aliphatic hydroxyl groups is 1. The number of aromatic carboxylic acids is 1. The molecule has 0 radical (unpaired) electrons. The molecule has 0 heterocycles. The largest absolute Gasteiger partial charge is 0.497 e. The monoisotopic (exact) mass is 258 g/mol. The normalized spacial score (nSPS) is 10.2. The summed E-state index contributed by atoms with van der Waals surface area (Å²) in [5.41, 5.74) is 2.53. The summed E-state index contributed by atoms with van der Waals surface area (Å²) in [5, 5.41) is 18.2. The van der Waals surface area contributed by atoms with Gasteiger partial charge in [-0.15, -0.1) is 0 Å². The second-order valence-corrected chi connectivity index (χ2v) is 4.11. The maximum absolute atomic E-state index is 11.1. The molecule has 2 aromatic rings. The molecule has 0 unspecified atom stereocenters. The van der Waals surface area contributed by atoms with Gasteiger partial charge in [0.05, 0.1) is 19.3 Å². The first-order valence-electron chi connectivity index (χ1n) is 5.76. The Hall–Kier alpha value is -2.33. The predicted molar refractivity (Wildman–Crippen MR) is 71.3 cm³/mol. The molecule has 0 aliphatic carbocycles. The van der Waals surface area contributed by atoms with Crippen LogP contribution in [0, 0.1) is 0 Å². The topological polar surface area (TPSA) is 66.8 Å². The molecule has 2 N–H and O–H groups in total. The molecule has 0 spiro atoms. The zero-order valence-electron chi connectivity index (χ0n) is 10.5. The van der Waals surface area contributed by atoms with Crippen LogP contribution in [0.3, 0.4) is 0 Å².